The molecule has 1 saturated heterocycles. The predicted octanol–water partition coefficient (Wildman–Crippen LogP) is 1.60. The molecule has 5 heteroatoms. The lowest BCUT2D eigenvalue weighted by atomic mass is 9.97. The third-order valence-corrected chi connectivity index (χ3v) is 3.34. The van der Waals surface area contributed by atoms with E-state index < -0.39 is 0 Å². The zero-order valence-electron chi connectivity index (χ0n) is 12.0. The van der Waals surface area contributed by atoms with Crippen LogP contribution in [0.25, 0.3) is 0 Å². The molecule has 0 saturated carbocycles. The number of unbranched alkanes of at least 4 members (excludes halogenated alkanes) is 1. The Morgan fingerprint density at radius 1 is 1.21 bits per heavy atom. The molecule has 1 rings (SSSR count). The second kappa shape index (κ2) is 8.91. The van der Waals surface area contributed by atoms with E-state index in [0.717, 1.165) is 12.8 Å². The van der Waals surface area contributed by atoms with Crippen LogP contribution in [0.3, 0.4) is 0 Å². The minimum atomic E-state index is -0.131. The van der Waals surface area contributed by atoms with Gasteiger partial charge in [0.1, 0.15) is 6.61 Å². The fraction of sp³-hybridized carbons (Fsp3) is 0.857. The van der Waals surface area contributed by atoms with Crippen molar-refractivity contribution in [3.05, 3.63) is 0 Å². The topological polar surface area (TPSA) is 55.8 Å². The lowest BCUT2D eigenvalue weighted by Gasteiger charge is -2.30. The van der Waals surface area contributed by atoms with Crippen molar-refractivity contribution in [1.82, 2.24) is 4.90 Å². The van der Waals surface area contributed by atoms with Gasteiger partial charge in [-0.05, 0) is 26.2 Å². The highest BCUT2D eigenvalue weighted by Gasteiger charge is 2.27. The molecular formula is C14H25NO4. The van der Waals surface area contributed by atoms with Gasteiger partial charge in [-0.25, -0.2) is 0 Å². The number of piperidine rings is 1. The monoisotopic (exact) mass is 271 g/mol. The van der Waals surface area contributed by atoms with Crippen LogP contribution in [0, 0.1) is 5.92 Å². The normalized spacial score (nSPS) is 16.4. The number of esters is 1. The third kappa shape index (κ3) is 5.59. The zero-order chi connectivity index (χ0) is 14.1. The van der Waals surface area contributed by atoms with E-state index in [2.05, 4.69) is 6.92 Å². The largest absolute Gasteiger partial charge is 0.466 e. The van der Waals surface area contributed by atoms with Crippen molar-refractivity contribution in [2.45, 2.75) is 39.5 Å². The number of ether oxygens (including phenoxy) is 2. The van der Waals surface area contributed by atoms with E-state index in [9.17, 15) is 9.59 Å². The minimum Gasteiger partial charge on any atom is -0.466 e. The standard InChI is InChI=1S/C14H25NO4/c1-3-5-10-18-11-13(16)15-8-6-12(7-9-15)14(17)19-4-2/h12H,3-11H2,1-2H3. The van der Waals surface area contributed by atoms with Gasteiger partial charge >= 0.3 is 5.97 Å². The molecule has 19 heavy (non-hydrogen) atoms. The van der Waals surface area contributed by atoms with E-state index in [1.54, 1.807) is 4.90 Å². The number of hydrogen-bond donors (Lipinski definition) is 0. The van der Waals surface area contributed by atoms with Crippen LogP contribution in [0.15, 0.2) is 0 Å². The van der Waals surface area contributed by atoms with Gasteiger partial charge in [0.15, 0.2) is 0 Å². The van der Waals surface area contributed by atoms with E-state index in [-0.39, 0.29) is 24.4 Å². The van der Waals surface area contributed by atoms with Crippen LogP contribution >= 0.6 is 0 Å². The minimum absolute atomic E-state index is 0.0263. The first-order chi connectivity index (χ1) is 9.19. The van der Waals surface area contributed by atoms with Gasteiger partial charge < -0.3 is 14.4 Å². The van der Waals surface area contributed by atoms with Crippen LogP contribution in [0.2, 0.25) is 0 Å². The van der Waals surface area contributed by atoms with E-state index in [0.29, 0.717) is 39.1 Å². The lowest BCUT2D eigenvalue weighted by Crippen LogP contribution is -2.42. The fourth-order valence-corrected chi connectivity index (χ4v) is 2.12. The molecule has 0 aromatic rings. The number of amides is 1. The zero-order valence-corrected chi connectivity index (χ0v) is 12.0. The molecule has 110 valence electrons. The fourth-order valence-electron chi connectivity index (χ4n) is 2.12. The van der Waals surface area contributed by atoms with E-state index in [1.165, 1.54) is 0 Å². The van der Waals surface area contributed by atoms with Crippen LogP contribution in [-0.4, -0.2) is 49.7 Å². The summed E-state index contributed by atoms with van der Waals surface area (Å²) in [5.41, 5.74) is 0. The van der Waals surface area contributed by atoms with Gasteiger partial charge in [0.25, 0.3) is 0 Å². The van der Waals surface area contributed by atoms with Crippen LogP contribution in [0.4, 0.5) is 0 Å². The average molecular weight is 271 g/mol. The van der Waals surface area contributed by atoms with Gasteiger partial charge in [0.2, 0.25) is 5.91 Å². The van der Waals surface area contributed by atoms with Crippen LogP contribution in [-0.2, 0) is 19.1 Å². The number of hydrogen-bond acceptors (Lipinski definition) is 4. The van der Waals surface area contributed by atoms with Crippen molar-refractivity contribution < 1.29 is 19.1 Å². The highest BCUT2D eigenvalue weighted by atomic mass is 16.5. The molecule has 0 radical (unpaired) electrons. The Labute approximate surface area is 115 Å². The van der Waals surface area contributed by atoms with Crippen LogP contribution in [0.5, 0.6) is 0 Å². The molecular weight excluding hydrogens is 246 g/mol. The molecule has 0 spiro atoms. The predicted molar refractivity (Wildman–Crippen MR) is 71.7 cm³/mol. The molecule has 0 unspecified atom stereocenters. The van der Waals surface area contributed by atoms with Crippen molar-refractivity contribution in [2.24, 2.45) is 5.92 Å². The molecule has 1 fully saturated rings. The van der Waals surface area contributed by atoms with Crippen molar-refractivity contribution in [2.75, 3.05) is 32.9 Å². The summed E-state index contributed by atoms with van der Waals surface area (Å²) in [6.07, 6.45) is 3.44. The summed E-state index contributed by atoms with van der Waals surface area (Å²) >= 11 is 0. The number of likely N-dealkylation sites (tertiary alicyclic amines) is 1. The highest BCUT2D eigenvalue weighted by molar-refractivity contribution is 5.78. The van der Waals surface area contributed by atoms with Crippen molar-refractivity contribution >= 4 is 11.9 Å². The summed E-state index contributed by atoms with van der Waals surface area (Å²) in [5.74, 6) is -0.155. The molecule has 5 nitrogen and oxygen atoms in total. The maximum atomic E-state index is 11.8. The van der Waals surface area contributed by atoms with Crippen molar-refractivity contribution in [1.29, 1.82) is 0 Å². The Kier molecular flexibility index (Phi) is 7.48. The Hall–Kier alpha value is -1.10. The lowest BCUT2D eigenvalue weighted by molar-refractivity contribution is -0.151. The first kappa shape index (κ1) is 16.0. The smallest absolute Gasteiger partial charge is 0.309 e. The highest BCUT2D eigenvalue weighted by Crippen LogP contribution is 2.18. The second-order valence-electron chi connectivity index (χ2n) is 4.81. The summed E-state index contributed by atoms with van der Waals surface area (Å²) in [4.78, 5) is 25.2. The summed E-state index contributed by atoms with van der Waals surface area (Å²) in [7, 11) is 0. The maximum absolute atomic E-state index is 11.8. The summed E-state index contributed by atoms with van der Waals surface area (Å²) < 4.78 is 10.3. The van der Waals surface area contributed by atoms with Gasteiger partial charge in [-0.1, -0.05) is 13.3 Å². The second-order valence-corrected chi connectivity index (χ2v) is 4.81. The van der Waals surface area contributed by atoms with E-state index in [4.69, 9.17) is 9.47 Å². The van der Waals surface area contributed by atoms with Gasteiger partial charge in [-0.15, -0.1) is 0 Å². The maximum Gasteiger partial charge on any atom is 0.309 e. The summed E-state index contributed by atoms with van der Waals surface area (Å²) in [6.45, 7) is 6.36. The molecule has 1 amide bonds. The molecule has 0 bridgehead atoms. The summed E-state index contributed by atoms with van der Waals surface area (Å²) in [6, 6.07) is 0. The van der Waals surface area contributed by atoms with Crippen molar-refractivity contribution in [3.8, 4) is 0 Å². The molecule has 1 heterocycles. The average Bonchev–Trinajstić information content (AvgIpc) is 2.44. The number of carbonyl (C=O) groups excluding carboxylic acids is 2. The number of carbonyl (C=O) groups is 2. The Balaban J connectivity index is 2.21. The first-order valence-corrected chi connectivity index (χ1v) is 7.21. The van der Waals surface area contributed by atoms with Gasteiger partial charge in [-0.3, -0.25) is 9.59 Å². The van der Waals surface area contributed by atoms with Gasteiger partial charge in [-0.2, -0.15) is 0 Å². The summed E-state index contributed by atoms with van der Waals surface area (Å²) in [5, 5.41) is 0. The molecule has 0 aromatic heterocycles. The molecule has 1 aliphatic rings. The molecule has 0 N–H and O–H groups in total. The van der Waals surface area contributed by atoms with E-state index >= 15 is 0 Å². The van der Waals surface area contributed by atoms with Crippen LogP contribution < -0.4 is 0 Å². The molecule has 1 aliphatic heterocycles. The van der Waals surface area contributed by atoms with Crippen molar-refractivity contribution in [3.63, 3.8) is 0 Å². The van der Waals surface area contributed by atoms with Crippen LogP contribution in [0.1, 0.15) is 39.5 Å². The first-order valence-electron chi connectivity index (χ1n) is 7.21. The Bertz CT molecular complexity index is 285. The third-order valence-electron chi connectivity index (χ3n) is 3.34. The number of nitrogens with zero attached hydrogens (tertiary/aromatic N) is 1. The molecule has 0 aromatic carbocycles. The quantitative estimate of drug-likeness (QED) is 0.521. The van der Waals surface area contributed by atoms with Gasteiger partial charge in [0, 0.05) is 19.7 Å². The molecule has 0 atom stereocenters. The Morgan fingerprint density at radius 2 is 1.89 bits per heavy atom. The number of rotatable bonds is 7. The SMILES string of the molecule is CCCCOCC(=O)N1CCC(C(=O)OCC)CC1. The van der Waals surface area contributed by atoms with Gasteiger partial charge in [0.05, 0.1) is 12.5 Å². The van der Waals surface area contributed by atoms with E-state index in [1.807, 2.05) is 6.92 Å². The Morgan fingerprint density at radius 3 is 2.47 bits per heavy atom. The molecule has 0 aliphatic carbocycles.